The molecule has 4 rings (SSSR count). The molecule has 1 aliphatic heterocycles. The minimum Gasteiger partial charge on any atom is -0.352 e. The number of aromatic nitrogens is 2. The van der Waals surface area contributed by atoms with Crippen molar-refractivity contribution in [3.05, 3.63) is 58.0 Å². The van der Waals surface area contributed by atoms with Crippen molar-refractivity contribution in [1.82, 2.24) is 15.1 Å². The van der Waals surface area contributed by atoms with Crippen LogP contribution in [0.1, 0.15) is 55.1 Å². The Balaban J connectivity index is 1.51. The fraction of sp³-hybridized carbons (Fsp3) is 0.455. The van der Waals surface area contributed by atoms with E-state index in [2.05, 4.69) is 10.4 Å². The molecule has 1 fully saturated rings. The maximum atomic E-state index is 13.1. The second kappa shape index (κ2) is 8.19. The molecule has 0 spiro atoms. The van der Waals surface area contributed by atoms with Gasteiger partial charge in [0.05, 0.1) is 0 Å². The van der Waals surface area contributed by atoms with E-state index in [-0.39, 0.29) is 36.1 Å². The molecular formula is C22H26N4O3. The van der Waals surface area contributed by atoms with Gasteiger partial charge in [-0.25, -0.2) is 4.68 Å². The number of anilines is 1. The summed E-state index contributed by atoms with van der Waals surface area (Å²) in [5.41, 5.74) is 1.77. The van der Waals surface area contributed by atoms with E-state index in [1.54, 1.807) is 4.90 Å². The van der Waals surface area contributed by atoms with Gasteiger partial charge in [-0.05, 0) is 43.9 Å². The van der Waals surface area contributed by atoms with Crippen molar-refractivity contribution in [2.75, 3.05) is 4.90 Å². The molecule has 152 valence electrons. The average molecular weight is 394 g/mol. The molecule has 2 heterocycles. The first-order valence-corrected chi connectivity index (χ1v) is 10.3. The highest BCUT2D eigenvalue weighted by molar-refractivity contribution is 6.06. The van der Waals surface area contributed by atoms with Crippen LogP contribution in [0, 0.1) is 0 Å². The van der Waals surface area contributed by atoms with Gasteiger partial charge in [0.15, 0.2) is 0 Å². The summed E-state index contributed by atoms with van der Waals surface area (Å²) in [7, 11) is 0. The second-order valence-corrected chi connectivity index (χ2v) is 7.97. The molecule has 0 saturated heterocycles. The molecule has 7 heteroatoms. The molecule has 1 N–H and O–H groups in total. The SMILES string of the molecule is C[C@@H]1Cc2ccccc2N1C(=O)c1ccc(=O)n(CC(=O)NC2CCCCC2)n1. The first-order valence-electron chi connectivity index (χ1n) is 10.3. The number of rotatable bonds is 4. The molecule has 1 aromatic heterocycles. The summed E-state index contributed by atoms with van der Waals surface area (Å²) in [4.78, 5) is 39.4. The Labute approximate surface area is 169 Å². The van der Waals surface area contributed by atoms with Gasteiger partial charge in [0, 0.05) is 23.8 Å². The van der Waals surface area contributed by atoms with Gasteiger partial charge in [0.2, 0.25) is 5.91 Å². The predicted molar refractivity (Wildman–Crippen MR) is 110 cm³/mol. The third-order valence-corrected chi connectivity index (χ3v) is 5.78. The molecule has 7 nitrogen and oxygen atoms in total. The van der Waals surface area contributed by atoms with Gasteiger partial charge >= 0.3 is 0 Å². The van der Waals surface area contributed by atoms with Gasteiger partial charge in [-0.1, -0.05) is 37.5 Å². The van der Waals surface area contributed by atoms with Crippen LogP contribution in [0.4, 0.5) is 5.69 Å². The first-order chi connectivity index (χ1) is 14.0. The van der Waals surface area contributed by atoms with E-state index in [0.717, 1.165) is 48.0 Å². The van der Waals surface area contributed by atoms with Crippen molar-refractivity contribution in [2.24, 2.45) is 0 Å². The van der Waals surface area contributed by atoms with Gasteiger partial charge in [-0.3, -0.25) is 14.4 Å². The number of carbonyl (C=O) groups is 2. The van der Waals surface area contributed by atoms with Gasteiger partial charge in [0.1, 0.15) is 12.2 Å². The van der Waals surface area contributed by atoms with Crippen molar-refractivity contribution >= 4 is 17.5 Å². The molecule has 1 atom stereocenters. The molecule has 1 aliphatic carbocycles. The number of nitrogens with zero attached hydrogens (tertiary/aromatic N) is 3. The van der Waals surface area contributed by atoms with Crippen LogP contribution < -0.4 is 15.8 Å². The van der Waals surface area contributed by atoms with Gasteiger partial charge in [-0.2, -0.15) is 5.10 Å². The topological polar surface area (TPSA) is 84.3 Å². The zero-order chi connectivity index (χ0) is 20.4. The van der Waals surface area contributed by atoms with E-state index in [4.69, 9.17) is 0 Å². The van der Waals surface area contributed by atoms with Crippen LogP contribution in [0.3, 0.4) is 0 Å². The van der Waals surface area contributed by atoms with E-state index in [0.29, 0.717) is 0 Å². The summed E-state index contributed by atoms with van der Waals surface area (Å²) in [5.74, 6) is -0.500. The highest BCUT2D eigenvalue weighted by Gasteiger charge is 2.32. The summed E-state index contributed by atoms with van der Waals surface area (Å²) in [6.45, 7) is 1.81. The van der Waals surface area contributed by atoms with Crippen molar-refractivity contribution in [2.45, 2.75) is 64.1 Å². The Morgan fingerprint density at radius 3 is 2.66 bits per heavy atom. The fourth-order valence-corrected chi connectivity index (χ4v) is 4.33. The van der Waals surface area contributed by atoms with Crippen LogP contribution in [0.25, 0.3) is 0 Å². The second-order valence-electron chi connectivity index (χ2n) is 7.97. The minimum absolute atomic E-state index is 0.0108. The van der Waals surface area contributed by atoms with E-state index in [1.165, 1.54) is 18.6 Å². The largest absolute Gasteiger partial charge is 0.352 e. The van der Waals surface area contributed by atoms with Crippen LogP contribution in [0.2, 0.25) is 0 Å². The molecule has 0 bridgehead atoms. The molecule has 2 amide bonds. The lowest BCUT2D eigenvalue weighted by atomic mass is 9.95. The van der Waals surface area contributed by atoms with Crippen LogP contribution in [-0.4, -0.2) is 33.7 Å². The van der Waals surface area contributed by atoms with Crippen LogP contribution >= 0.6 is 0 Å². The monoisotopic (exact) mass is 394 g/mol. The quantitative estimate of drug-likeness (QED) is 0.862. The summed E-state index contributed by atoms with van der Waals surface area (Å²) < 4.78 is 1.08. The van der Waals surface area contributed by atoms with Crippen molar-refractivity contribution in [1.29, 1.82) is 0 Å². The highest BCUT2D eigenvalue weighted by Crippen LogP contribution is 2.32. The maximum Gasteiger partial charge on any atom is 0.278 e. The summed E-state index contributed by atoms with van der Waals surface area (Å²) in [6.07, 6.45) is 6.16. The third kappa shape index (κ3) is 4.09. The van der Waals surface area contributed by atoms with Crippen LogP contribution in [0.5, 0.6) is 0 Å². The average Bonchev–Trinajstić information content (AvgIpc) is 3.05. The number of fused-ring (bicyclic) bond motifs is 1. The van der Waals surface area contributed by atoms with E-state index >= 15 is 0 Å². The molecule has 0 radical (unpaired) electrons. The lowest BCUT2D eigenvalue weighted by Gasteiger charge is -2.23. The normalized spacial score (nSPS) is 19.1. The van der Waals surface area contributed by atoms with Crippen molar-refractivity contribution in [3.8, 4) is 0 Å². The molecule has 29 heavy (non-hydrogen) atoms. The number of hydrogen-bond acceptors (Lipinski definition) is 4. The molecular weight excluding hydrogens is 368 g/mol. The number of nitrogens with one attached hydrogen (secondary N) is 1. The summed E-state index contributed by atoms with van der Waals surface area (Å²) >= 11 is 0. The van der Waals surface area contributed by atoms with E-state index < -0.39 is 5.56 Å². The predicted octanol–water partition coefficient (Wildman–Crippen LogP) is 2.28. The molecule has 0 unspecified atom stereocenters. The molecule has 1 aromatic carbocycles. The Morgan fingerprint density at radius 1 is 1.10 bits per heavy atom. The van der Waals surface area contributed by atoms with Crippen LogP contribution in [-0.2, 0) is 17.8 Å². The number of hydrogen-bond donors (Lipinski definition) is 1. The Hall–Kier alpha value is -2.96. The van der Waals surface area contributed by atoms with Crippen LogP contribution in [0.15, 0.2) is 41.2 Å². The third-order valence-electron chi connectivity index (χ3n) is 5.78. The first kappa shape index (κ1) is 19.4. The standard InChI is InChI=1S/C22H26N4O3/c1-15-13-16-7-5-6-10-19(16)26(15)22(29)18-11-12-21(28)25(24-18)14-20(27)23-17-8-3-2-4-9-17/h5-7,10-12,15,17H,2-4,8-9,13-14H2,1H3,(H,23,27)/t15-/m1/s1. The van der Waals surface area contributed by atoms with Gasteiger partial charge in [0.25, 0.3) is 11.5 Å². The van der Waals surface area contributed by atoms with Crippen molar-refractivity contribution in [3.63, 3.8) is 0 Å². The van der Waals surface area contributed by atoms with Gasteiger partial charge in [-0.15, -0.1) is 0 Å². The maximum absolute atomic E-state index is 13.1. The summed E-state index contributed by atoms with van der Waals surface area (Å²) in [5, 5.41) is 7.19. The Bertz CT molecular complexity index is 978. The van der Waals surface area contributed by atoms with Gasteiger partial charge < -0.3 is 10.2 Å². The van der Waals surface area contributed by atoms with E-state index in [1.807, 2.05) is 31.2 Å². The van der Waals surface area contributed by atoms with E-state index in [9.17, 15) is 14.4 Å². The molecule has 2 aromatic rings. The zero-order valence-electron chi connectivity index (χ0n) is 16.6. The number of amides is 2. The smallest absolute Gasteiger partial charge is 0.278 e. The number of carbonyl (C=O) groups excluding carboxylic acids is 2. The molecule has 2 aliphatic rings. The Morgan fingerprint density at radius 2 is 1.86 bits per heavy atom. The highest BCUT2D eigenvalue weighted by atomic mass is 16.2. The zero-order valence-corrected chi connectivity index (χ0v) is 16.6. The lowest BCUT2D eigenvalue weighted by molar-refractivity contribution is -0.122. The number of benzene rings is 1. The fourth-order valence-electron chi connectivity index (χ4n) is 4.33. The minimum atomic E-state index is -0.393. The number of para-hydroxylation sites is 1. The summed E-state index contributed by atoms with van der Waals surface area (Å²) in [6, 6.07) is 10.7. The lowest BCUT2D eigenvalue weighted by Crippen LogP contribution is -2.41. The van der Waals surface area contributed by atoms with Crippen molar-refractivity contribution < 1.29 is 9.59 Å². The molecule has 1 saturated carbocycles. The Kier molecular flexibility index (Phi) is 5.47.